The topological polar surface area (TPSA) is 50.8 Å². The van der Waals surface area contributed by atoms with Crippen LogP contribution in [0.5, 0.6) is 5.75 Å². The highest BCUT2D eigenvalue weighted by molar-refractivity contribution is 5.91. The highest BCUT2D eigenvalue weighted by Crippen LogP contribution is 2.33. The van der Waals surface area contributed by atoms with E-state index in [1.807, 2.05) is 17.0 Å². The van der Waals surface area contributed by atoms with Crippen LogP contribution in [-0.4, -0.2) is 42.8 Å². The lowest BCUT2D eigenvalue weighted by Crippen LogP contribution is -2.46. The van der Waals surface area contributed by atoms with Crippen molar-refractivity contribution >= 4 is 11.7 Å². The van der Waals surface area contributed by atoms with Crippen LogP contribution in [0.15, 0.2) is 18.2 Å². The van der Waals surface area contributed by atoms with Crippen molar-refractivity contribution in [2.75, 3.05) is 25.0 Å². The second kappa shape index (κ2) is 7.01. The van der Waals surface area contributed by atoms with Crippen LogP contribution in [-0.2, 0) is 11.2 Å². The number of nitrogens with one attached hydrogen (secondary N) is 1. The van der Waals surface area contributed by atoms with E-state index in [0.29, 0.717) is 12.6 Å². The van der Waals surface area contributed by atoms with Gasteiger partial charge < -0.3 is 19.7 Å². The average Bonchev–Trinajstić information content (AvgIpc) is 2.59. The van der Waals surface area contributed by atoms with E-state index < -0.39 is 0 Å². The van der Waals surface area contributed by atoms with Crippen molar-refractivity contribution in [2.24, 2.45) is 0 Å². The molecule has 24 heavy (non-hydrogen) atoms. The van der Waals surface area contributed by atoms with E-state index in [-0.39, 0.29) is 12.1 Å². The average molecular weight is 330 g/mol. The molecule has 0 radical (unpaired) electrons. The van der Waals surface area contributed by atoms with Crippen LogP contribution in [0, 0.1) is 0 Å². The zero-order chi connectivity index (χ0) is 16.4. The van der Waals surface area contributed by atoms with Gasteiger partial charge in [-0.25, -0.2) is 4.79 Å². The summed E-state index contributed by atoms with van der Waals surface area (Å²) in [7, 11) is 0. The Bertz CT molecular complexity index is 600. The van der Waals surface area contributed by atoms with Crippen LogP contribution >= 0.6 is 0 Å². The molecule has 3 aliphatic rings. The van der Waals surface area contributed by atoms with Crippen molar-refractivity contribution in [1.82, 2.24) is 4.90 Å². The van der Waals surface area contributed by atoms with Crippen molar-refractivity contribution in [3.63, 3.8) is 0 Å². The highest BCUT2D eigenvalue weighted by Gasteiger charge is 2.29. The number of piperidine rings is 1. The largest absolute Gasteiger partial charge is 0.491 e. The molecule has 0 aromatic heterocycles. The Balaban J connectivity index is 1.38. The zero-order valence-electron chi connectivity index (χ0n) is 14.1. The Kier molecular flexibility index (Phi) is 4.60. The molecule has 0 bridgehead atoms. The molecule has 1 aromatic carbocycles. The van der Waals surface area contributed by atoms with Gasteiger partial charge in [-0.15, -0.1) is 0 Å². The number of carbonyl (C=O) groups is 1. The minimum absolute atomic E-state index is 0.0421. The van der Waals surface area contributed by atoms with E-state index in [9.17, 15) is 4.79 Å². The van der Waals surface area contributed by atoms with Crippen molar-refractivity contribution in [3.05, 3.63) is 23.8 Å². The lowest BCUT2D eigenvalue weighted by atomic mass is 9.95. The van der Waals surface area contributed by atoms with E-state index in [1.54, 1.807) is 0 Å². The van der Waals surface area contributed by atoms with Crippen LogP contribution in [0.1, 0.15) is 44.1 Å². The number of hydrogen-bond donors (Lipinski definition) is 1. The van der Waals surface area contributed by atoms with Gasteiger partial charge in [-0.1, -0.05) is 12.1 Å². The second-order valence-electron chi connectivity index (χ2n) is 7.08. The minimum atomic E-state index is -0.0421. The molecule has 4 rings (SSSR count). The number of urea groups is 1. The molecule has 1 aromatic rings. The molecule has 130 valence electrons. The Hall–Kier alpha value is -1.75. The van der Waals surface area contributed by atoms with Gasteiger partial charge in [0.25, 0.3) is 0 Å². The van der Waals surface area contributed by atoms with Gasteiger partial charge in [-0.05, 0) is 56.6 Å². The van der Waals surface area contributed by atoms with E-state index in [4.69, 9.17) is 9.47 Å². The fourth-order valence-corrected chi connectivity index (χ4v) is 3.69. The molecule has 1 atom stereocenters. The maximum absolute atomic E-state index is 12.7. The van der Waals surface area contributed by atoms with Crippen molar-refractivity contribution in [3.8, 4) is 5.75 Å². The molecule has 1 saturated carbocycles. The van der Waals surface area contributed by atoms with Gasteiger partial charge in [0.1, 0.15) is 5.75 Å². The Labute approximate surface area is 143 Å². The molecule has 2 fully saturated rings. The Morgan fingerprint density at radius 3 is 2.88 bits per heavy atom. The molecule has 2 amide bonds. The van der Waals surface area contributed by atoms with Gasteiger partial charge in [-0.2, -0.15) is 0 Å². The molecule has 2 aliphatic heterocycles. The fourth-order valence-electron chi connectivity index (χ4n) is 3.69. The number of amides is 2. The second-order valence-corrected chi connectivity index (χ2v) is 7.08. The number of carbonyl (C=O) groups excluding carboxylic acids is 1. The predicted octanol–water partition coefficient (Wildman–Crippen LogP) is 3.58. The van der Waals surface area contributed by atoms with Gasteiger partial charge in [0, 0.05) is 13.1 Å². The fraction of sp³-hybridized carbons (Fsp3) is 0.632. The number of anilines is 1. The van der Waals surface area contributed by atoms with Gasteiger partial charge in [0.2, 0.25) is 0 Å². The summed E-state index contributed by atoms with van der Waals surface area (Å²) in [5.74, 6) is 0.844. The first-order chi connectivity index (χ1) is 11.8. The van der Waals surface area contributed by atoms with Crippen LogP contribution in [0.2, 0.25) is 0 Å². The number of ether oxygens (including phenoxy) is 2. The summed E-state index contributed by atoms with van der Waals surface area (Å²) in [5, 5.41) is 3.05. The number of aryl methyl sites for hydroxylation is 1. The maximum Gasteiger partial charge on any atom is 0.322 e. The number of hydrogen-bond acceptors (Lipinski definition) is 3. The van der Waals surface area contributed by atoms with Gasteiger partial charge >= 0.3 is 6.03 Å². The molecule has 5 nitrogen and oxygen atoms in total. The molecular formula is C19H26N2O3. The molecule has 0 unspecified atom stereocenters. The lowest BCUT2D eigenvalue weighted by Gasteiger charge is -2.37. The predicted molar refractivity (Wildman–Crippen MR) is 92.6 cm³/mol. The van der Waals surface area contributed by atoms with E-state index in [2.05, 4.69) is 11.4 Å². The molecule has 2 heterocycles. The molecule has 0 spiro atoms. The van der Waals surface area contributed by atoms with Gasteiger partial charge in [-0.3, -0.25) is 0 Å². The third kappa shape index (κ3) is 3.36. The number of para-hydroxylation sites is 1. The number of benzene rings is 1. The quantitative estimate of drug-likeness (QED) is 0.921. The normalized spacial score (nSPS) is 23.8. The minimum Gasteiger partial charge on any atom is -0.491 e. The number of nitrogens with zero attached hydrogens (tertiary/aromatic N) is 1. The molecule has 1 N–H and O–H groups in total. The first kappa shape index (κ1) is 15.8. The summed E-state index contributed by atoms with van der Waals surface area (Å²) in [6, 6.07) is 5.95. The molecule has 5 heteroatoms. The van der Waals surface area contributed by atoms with Gasteiger partial charge in [0.15, 0.2) is 0 Å². The van der Waals surface area contributed by atoms with Crippen molar-refractivity contribution in [1.29, 1.82) is 0 Å². The summed E-state index contributed by atoms with van der Waals surface area (Å²) in [5.41, 5.74) is 1.98. The summed E-state index contributed by atoms with van der Waals surface area (Å²) in [6.45, 7) is 2.21. The van der Waals surface area contributed by atoms with Crippen molar-refractivity contribution < 1.29 is 14.3 Å². The number of likely N-dealkylation sites (tertiary alicyclic amines) is 1. The standard InChI is InChI=1S/C19H26N2O3/c22-19(20-17-10-1-5-14-6-4-12-23-18(14)17)21-11-3-9-16(13-21)24-15-7-2-8-15/h1,5,10,15-16H,2-4,6-9,11-13H2,(H,20,22)/t16-/m0/s1. The first-order valence-electron chi connectivity index (χ1n) is 9.25. The van der Waals surface area contributed by atoms with Gasteiger partial charge in [0.05, 0.1) is 24.5 Å². The van der Waals surface area contributed by atoms with Crippen LogP contribution < -0.4 is 10.1 Å². The summed E-state index contributed by atoms with van der Waals surface area (Å²) >= 11 is 0. The van der Waals surface area contributed by atoms with Crippen LogP contribution in [0.3, 0.4) is 0 Å². The SMILES string of the molecule is O=C(Nc1cccc2c1OCCC2)N1CCC[C@H](OC2CCC2)C1. The third-order valence-electron chi connectivity index (χ3n) is 5.28. The molecular weight excluding hydrogens is 304 g/mol. The van der Waals surface area contributed by atoms with E-state index in [0.717, 1.165) is 50.3 Å². The highest BCUT2D eigenvalue weighted by atomic mass is 16.5. The first-order valence-corrected chi connectivity index (χ1v) is 9.25. The van der Waals surface area contributed by atoms with E-state index >= 15 is 0 Å². The molecule has 1 saturated heterocycles. The maximum atomic E-state index is 12.7. The monoisotopic (exact) mass is 330 g/mol. The molecule has 1 aliphatic carbocycles. The smallest absolute Gasteiger partial charge is 0.322 e. The summed E-state index contributed by atoms with van der Waals surface area (Å²) < 4.78 is 11.9. The van der Waals surface area contributed by atoms with Crippen LogP contribution in [0.25, 0.3) is 0 Å². The number of rotatable bonds is 3. The van der Waals surface area contributed by atoms with E-state index in [1.165, 1.54) is 24.8 Å². The van der Waals surface area contributed by atoms with Crippen molar-refractivity contribution in [2.45, 2.75) is 57.2 Å². The summed E-state index contributed by atoms with van der Waals surface area (Å²) in [6.07, 6.45) is 8.37. The number of fused-ring (bicyclic) bond motifs is 1. The summed E-state index contributed by atoms with van der Waals surface area (Å²) in [4.78, 5) is 14.6. The Morgan fingerprint density at radius 1 is 1.17 bits per heavy atom. The van der Waals surface area contributed by atoms with Crippen LogP contribution in [0.4, 0.5) is 10.5 Å². The zero-order valence-corrected chi connectivity index (χ0v) is 14.1. The lowest BCUT2D eigenvalue weighted by molar-refractivity contribution is -0.0714. The third-order valence-corrected chi connectivity index (χ3v) is 5.28. The Morgan fingerprint density at radius 2 is 2.04 bits per heavy atom.